The van der Waals surface area contributed by atoms with Crippen LogP contribution in [0.1, 0.15) is 24.8 Å². The number of piperidine rings is 1. The summed E-state index contributed by atoms with van der Waals surface area (Å²) in [6.07, 6.45) is 2.18. The molecule has 2 heterocycles. The Labute approximate surface area is 172 Å². The van der Waals surface area contributed by atoms with E-state index in [1.54, 1.807) is 7.11 Å². The number of carbonyl (C=O) groups is 1. The van der Waals surface area contributed by atoms with Crippen molar-refractivity contribution in [2.75, 3.05) is 26.9 Å². The molecular weight excluding hydrogens is 366 g/mol. The van der Waals surface area contributed by atoms with Crippen LogP contribution >= 0.6 is 0 Å². The monoisotopic (exact) mass is 395 g/mol. The van der Waals surface area contributed by atoms with Crippen LogP contribution in [0.3, 0.4) is 0 Å². The van der Waals surface area contributed by atoms with Crippen molar-refractivity contribution in [1.82, 2.24) is 4.90 Å². The first-order valence-corrected chi connectivity index (χ1v) is 10.4. The molecule has 2 aliphatic rings. The van der Waals surface area contributed by atoms with Gasteiger partial charge in [-0.3, -0.25) is 9.69 Å². The Bertz CT molecular complexity index is 796. The van der Waals surface area contributed by atoms with Gasteiger partial charge in [0.15, 0.2) is 11.5 Å². The number of para-hydroxylation sites is 2. The molecular formula is C24H29NO4. The van der Waals surface area contributed by atoms with E-state index in [2.05, 4.69) is 29.2 Å². The number of hydrogen-bond donors (Lipinski definition) is 0. The Morgan fingerprint density at radius 3 is 2.34 bits per heavy atom. The molecule has 154 valence electrons. The molecule has 29 heavy (non-hydrogen) atoms. The standard InChI is InChI=1S/C24H29NO4/c1-27-23-9-5-6-10-24(23)29-12-11-22(26)19-13-20-16-28-17-21(14-19)25(20)15-18-7-3-2-4-8-18/h2-10,19-21H,11-17H2,1H3. The van der Waals surface area contributed by atoms with Gasteiger partial charge < -0.3 is 14.2 Å². The number of carbonyl (C=O) groups excluding carboxylic acids is 1. The van der Waals surface area contributed by atoms with E-state index >= 15 is 0 Å². The maximum atomic E-state index is 12.9. The number of ketones is 1. The Kier molecular flexibility index (Phi) is 6.47. The van der Waals surface area contributed by atoms with E-state index in [0.29, 0.717) is 55.6 Å². The van der Waals surface area contributed by atoms with E-state index < -0.39 is 0 Å². The molecule has 0 spiro atoms. The van der Waals surface area contributed by atoms with Gasteiger partial charge in [0.2, 0.25) is 0 Å². The Balaban J connectivity index is 1.31. The zero-order chi connectivity index (χ0) is 20.1. The van der Waals surface area contributed by atoms with Gasteiger partial charge in [0.05, 0.1) is 26.9 Å². The Morgan fingerprint density at radius 1 is 1.00 bits per heavy atom. The smallest absolute Gasteiger partial charge is 0.161 e. The molecule has 2 bridgehead atoms. The summed E-state index contributed by atoms with van der Waals surface area (Å²) in [7, 11) is 1.62. The number of Topliss-reactive ketones (excluding diaryl/α,β-unsaturated/α-hetero) is 1. The van der Waals surface area contributed by atoms with Gasteiger partial charge in [0, 0.05) is 31.0 Å². The van der Waals surface area contributed by atoms with Gasteiger partial charge in [0.25, 0.3) is 0 Å². The summed E-state index contributed by atoms with van der Waals surface area (Å²) in [6, 6.07) is 18.7. The minimum atomic E-state index is 0.0993. The quantitative estimate of drug-likeness (QED) is 0.682. The summed E-state index contributed by atoms with van der Waals surface area (Å²) < 4.78 is 16.9. The average molecular weight is 395 g/mol. The van der Waals surface area contributed by atoms with E-state index in [9.17, 15) is 4.79 Å². The summed E-state index contributed by atoms with van der Waals surface area (Å²) in [5.74, 6) is 1.78. The number of hydrogen-bond acceptors (Lipinski definition) is 5. The number of benzene rings is 2. The molecule has 2 unspecified atom stereocenters. The van der Waals surface area contributed by atoms with Gasteiger partial charge in [-0.05, 0) is 30.5 Å². The van der Waals surface area contributed by atoms with Gasteiger partial charge in [0.1, 0.15) is 5.78 Å². The molecule has 0 aromatic heterocycles. The number of nitrogens with zero attached hydrogens (tertiary/aromatic N) is 1. The highest BCUT2D eigenvalue weighted by atomic mass is 16.5. The summed E-state index contributed by atoms with van der Waals surface area (Å²) >= 11 is 0. The molecule has 0 N–H and O–H groups in total. The molecule has 0 radical (unpaired) electrons. The van der Waals surface area contributed by atoms with Crippen LogP contribution < -0.4 is 9.47 Å². The molecule has 2 aliphatic heterocycles. The van der Waals surface area contributed by atoms with Crippen molar-refractivity contribution in [3.05, 3.63) is 60.2 Å². The molecule has 2 atom stereocenters. The fraction of sp³-hybridized carbons (Fsp3) is 0.458. The molecule has 4 rings (SSSR count). The first-order valence-electron chi connectivity index (χ1n) is 10.4. The van der Waals surface area contributed by atoms with E-state index in [0.717, 1.165) is 19.4 Å². The predicted molar refractivity (Wildman–Crippen MR) is 111 cm³/mol. The van der Waals surface area contributed by atoms with Crippen LogP contribution in [-0.4, -0.2) is 49.7 Å². The van der Waals surface area contributed by atoms with Gasteiger partial charge >= 0.3 is 0 Å². The predicted octanol–water partition coefficient (Wildman–Crippen LogP) is 3.71. The third-order valence-electron chi connectivity index (χ3n) is 6.01. The van der Waals surface area contributed by atoms with Crippen molar-refractivity contribution in [3.8, 4) is 11.5 Å². The fourth-order valence-corrected chi connectivity index (χ4v) is 4.51. The molecule has 0 amide bonds. The normalized spacial score (nSPS) is 24.1. The van der Waals surface area contributed by atoms with E-state index in [1.165, 1.54) is 5.56 Å². The highest BCUT2D eigenvalue weighted by molar-refractivity contribution is 5.81. The Hall–Kier alpha value is -2.37. The number of rotatable bonds is 8. The number of ether oxygens (including phenoxy) is 3. The van der Waals surface area contributed by atoms with Crippen LogP contribution in [0.15, 0.2) is 54.6 Å². The maximum Gasteiger partial charge on any atom is 0.161 e. The van der Waals surface area contributed by atoms with Crippen molar-refractivity contribution in [2.45, 2.75) is 37.9 Å². The second kappa shape index (κ2) is 9.42. The summed E-state index contributed by atoms with van der Waals surface area (Å²) in [5, 5.41) is 0. The first kappa shape index (κ1) is 19.9. The van der Waals surface area contributed by atoms with Crippen molar-refractivity contribution < 1.29 is 19.0 Å². The fourth-order valence-electron chi connectivity index (χ4n) is 4.51. The lowest BCUT2D eigenvalue weighted by atomic mass is 9.81. The third kappa shape index (κ3) is 4.80. The zero-order valence-electron chi connectivity index (χ0n) is 17.0. The van der Waals surface area contributed by atoms with Crippen LogP contribution in [0.2, 0.25) is 0 Å². The van der Waals surface area contributed by atoms with Crippen molar-refractivity contribution in [1.29, 1.82) is 0 Å². The summed E-state index contributed by atoms with van der Waals surface area (Å²) in [4.78, 5) is 15.4. The largest absolute Gasteiger partial charge is 0.493 e. The van der Waals surface area contributed by atoms with E-state index in [1.807, 2.05) is 30.3 Å². The van der Waals surface area contributed by atoms with Crippen LogP contribution in [-0.2, 0) is 16.1 Å². The topological polar surface area (TPSA) is 48.0 Å². The third-order valence-corrected chi connectivity index (χ3v) is 6.01. The van der Waals surface area contributed by atoms with Crippen molar-refractivity contribution >= 4 is 5.78 Å². The minimum Gasteiger partial charge on any atom is -0.493 e. The SMILES string of the molecule is COc1ccccc1OCCC(=O)C1CC2COCC(C1)N2Cc1ccccc1. The highest BCUT2D eigenvalue weighted by Crippen LogP contribution is 2.34. The highest BCUT2D eigenvalue weighted by Gasteiger charge is 2.40. The van der Waals surface area contributed by atoms with E-state index in [4.69, 9.17) is 14.2 Å². The Morgan fingerprint density at radius 2 is 1.66 bits per heavy atom. The first-order chi connectivity index (χ1) is 14.2. The zero-order valence-corrected chi connectivity index (χ0v) is 17.0. The number of morpholine rings is 1. The lowest BCUT2D eigenvalue weighted by Crippen LogP contribution is -2.57. The lowest BCUT2D eigenvalue weighted by molar-refractivity contribution is -0.134. The molecule has 2 saturated heterocycles. The van der Waals surface area contributed by atoms with Crippen LogP contribution in [0, 0.1) is 5.92 Å². The number of fused-ring (bicyclic) bond motifs is 2. The van der Waals surface area contributed by atoms with Gasteiger partial charge in [-0.15, -0.1) is 0 Å². The van der Waals surface area contributed by atoms with Gasteiger partial charge in [-0.1, -0.05) is 42.5 Å². The second-order valence-corrected chi connectivity index (χ2v) is 7.89. The maximum absolute atomic E-state index is 12.9. The summed E-state index contributed by atoms with van der Waals surface area (Å²) in [5.41, 5.74) is 1.32. The molecule has 0 aliphatic carbocycles. The van der Waals surface area contributed by atoms with Crippen LogP contribution in [0.4, 0.5) is 0 Å². The molecule has 5 heteroatoms. The lowest BCUT2D eigenvalue weighted by Gasteiger charge is -2.48. The van der Waals surface area contributed by atoms with Crippen LogP contribution in [0.5, 0.6) is 11.5 Å². The molecule has 2 aromatic carbocycles. The summed E-state index contributed by atoms with van der Waals surface area (Å²) in [6.45, 7) is 2.74. The molecule has 5 nitrogen and oxygen atoms in total. The van der Waals surface area contributed by atoms with Gasteiger partial charge in [-0.2, -0.15) is 0 Å². The average Bonchev–Trinajstić information content (AvgIpc) is 2.74. The van der Waals surface area contributed by atoms with Crippen molar-refractivity contribution in [2.24, 2.45) is 5.92 Å². The molecule has 0 saturated carbocycles. The number of methoxy groups -OCH3 is 1. The van der Waals surface area contributed by atoms with Gasteiger partial charge in [-0.25, -0.2) is 0 Å². The van der Waals surface area contributed by atoms with Crippen molar-refractivity contribution in [3.63, 3.8) is 0 Å². The van der Waals surface area contributed by atoms with E-state index in [-0.39, 0.29) is 5.92 Å². The van der Waals surface area contributed by atoms with Crippen LogP contribution in [0.25, 0.3) is 0 Å². The minimum absolute atomic E-state index is 0.0993. The second-order valence-electron chi connectivity index (χ2n) is 7.89. The molecule has 2 fully saturated rings. The molecule has 2 aromatic rings.